The number of likely N-dealkylation sites (N-methyl/N-ethyl adjacent to an activating group) is 1. The minimum absolute atomic E-state index is 0.505. The van der Waals surface area contributed by atoms with Crippen LogP contribution in [0.4, 0.5) is 0 Å². The first kappa shape index (κ1) is 14.7. The topological polar surface area (TPSA) is 15.3 Å². The second kappa shape index (κ2) is 7.20. The Labute approximate surface area is 124 Å². The first-order valence-corrected chi connectivity index (χ1v) is 8.41. The minimum atomic E-state index is 0.505. The van der Waals surface area contributed by atoms with Crippen molar-refractivity contribution in [3.8, 4) is 0 Å². The van der Waals surface area contributed by atoms with Gasteiger partial charge in [0.25, 0.3) is 0 Å². The summed E-state index contributed by atoms with van der Waals surface area (Å²) in [4.78, 5) is 5.30. The lowest BCUT2D eigenvalue weighted by atomic mass is 10.2. The summed E-state index contributed by atoms with van der Waals surface area (Å²) in [7, 11) is 2.20. The van der Waals surface area contributed by atoms with Crippen LogP contribution in [0.3, 0.4) is 0 Å². The van der Waals surface area contributed by atoms with Crippen molar-refractivity contribution in [1.29, 1.82) is 0 Å². The number of thiophene rings is 2. The lowest BCUT2D eigenvalue weighted by Gasteiger charge is -2.23. The molecule has 1 unspecified atom stereocenters. The molecule has 19 heavy (non-hydrogen) atoms. The highest BCUT2D eigenvalue weighted by Gasteiger charge is 2.11. The second-order valence-electron chi connectivity index (χ2n) is 4.88. The van der Waals surface area contributed by atoms with Crippen molar-refractivity contribution in [2.24, 2.45) is 0 Å². The molecule has 0 aliphatic rings. The Morgan fingerprint density at radius 2 is 2.11 bits per heavy atom. The van der Waals surface area contributed by atoms with Crippen molar-refractivity contribution in [1.82, 2.24) is 10.2 Å². The van der Waals surface area contributed by atoms with Crippen molar-refractivity contribution < 1.29 is 0 Å². The standard InChI is InChI=1S/C15H22N2S2/c1-12-6-10-19-15(12)11-16-7-8-17(3)13(2)14-5-4-9-18-14/h4-6,9-10,13,16H,7-8,11H2,1-3H3. The summed E-state index contributed by atoms with van der Waals surface area (Å²) < 4.78 is 0. The van der Waals surface area contributed by atoms with Crippen molar-refractivity contribution in [3.05, 3.63) is 44.3 Å². The molecule has 0 radical (unpaired) electrons. The molecular formula is C15H22N2S2. The van der Waals surface area contributed by atoms with E-state index >= 15 is 0 Å². The molecule has 4 heteroatoms. The molecule has 0 aromatic carbocycles. The molecule has 2 nitrogen and oxygen atoms in total. The van der Waals surface area contributed by atoms with Gasteiger partial charge in [-0.3, -0.25) is 4.90 Å². The number of hydrogen-bond acceptors (Lipinski definition) is 4. The number of nitrogens with one attached hydrogen (secondary N) is 1. The van der Waals surface area contributed by atoms with Crippen LogP contribution in [0, 0.1) is 6.92 Å². The summed E-state index contributed by atoms with van der Waals surface area (Å²) in [6, 6.07) is 7.04. The summed E-state index contributed by atoms with van der Waals surface area (Å²) >= 11 is 3.68. The molecule has 0 spiro atoms. The Bertz CT molecular complexity index is 476. The molecule has 0 bridgehead atoms. The van der Waals surface area contributed by atoms with E-state index in [0.29, 0.717) is 6.04 Å². The zero-order valence-corrected chi connectivity index (χ0v) is 13.5. The summed E-state index contributed by atoms with van der Waals surface area (Å²) in [5, 5.41) is 7.85. The average molecular weight is 294 g/mol. The van der Waals surface area contributed by atoms with Crippen LogP contribution in [0.5, 0.6) is 0 Å². The smallest absolute Gasteiger partial charge is 0.0410 e. The van der Waals surface area contributed by atoms with E-state index in [1.165, 1.54) is 15.3 Å². The van der Waals surface area contributed by atoms with Gasteiger partial charge in [-0.2, -0.15) is 0 Å². The van der Waals surface area contributed by atoms with Crippen LogP contribution in [0.2, 0.25) is 0 Å². The number of aryl methyl sites for hydroxylation is 1. The van der Waals surface area contributed by atoms with Crippen molar-refractivity contribution >= 4 is 22.7 Å². The van der Waals surface area contributed by atoms with Gasteiger partial charge >= 0.3 is 0 Å². The van der Waals surface area contributed by atoms with Crippen LogP contribution in [0.1, 0.15) is 28.3 Å². The predicted molar refractivity (Wildman–Crippen MR) is 86.1 cm³/mol. The van der Waals surface area contributed by atoms with E-state index in [2.05, 4.69) is 60.1 Å². The molecule has 1 N–H and O–H groups in total. The third kappa shape index (κ3) is 4.14. The fraction of sp³-hybridized carbons (Fsp3) is 0.467. The molecule has 104 valence electrons. The summed E-state index contributed by atoms with van der Waals surface area (Å²) in [6.07, 6.45) is 0. The fourth-order valence-electron chi connectivity index (χ4n) is 1.98. The van der Waals surface area contributed by atoms with E-state index in [4.69, 9.17) is 0 Å². The van der Waals surface area contributed by atoms with Crippen LogP contribution in [0.25, 0.3) is 0 Å². The van der Waals surface area contributed by atoms with E-state index in [0.717, 1.165) is 19.6 Å². The molecule has 0 saturated heterocycles. The van der Waals surface area contributed by atoms with Gasteiger partial charge in [-0.05, 0) is 49.4 Å². The molecule has 2 heterocycles. The minimum Gasteiger partial charge on any atom is -0.311 e. The van der Waals surface area contributed by atoms with Crippen LogP contribution in [-0.2, 0) is 6.54 Å². The second-order valence-corrected chi connectivity index (χ2v) is 6.86. The Hall–Kier alpha value is -0.680. The lowest BCUT2D eigenvalue weighted by molar-refractivity contribution is 0.264. The Morgan fingerprint density at radius 1 is 1.26 bits per heavy atom. The number of hydrogen-bond donors (Lipinski definition) is 1. The Kier molecular flexibility index (Phi) is 5.58. The largest absolute Gasteiger partial charge is 0.311 e. The van der Waals surface area contributed by atoms with Gasteiger partial charge in [0, 0.05) is 35.4 Å². The van der Waals surface area contributed by atoms with Crippen LogP contribution in [-0.4, -0.2) is 25.0 Å². The maximum Gasteiger partial charge on any atom is 0.0410 e. The van der Waals surface area contributed by atoms with E-state index in [-0.39, 0.29) is 0 Å². The third-order valence-corrected chi connectivity index (χ3v) is 5.58. The summed E-state index contributed by atoms with van der Waals surface area (Å²) in [5.41, 5.74) is 1.40. The van der Waals surface area contributed by atoms with Crippen LogP contribution < -0.4 is 5.32 Å². The van der Waals surface area contributed by atoms with Crippen molar-refractivity contribution in [2.75, 3.05) is 20.1 Å². The molecule has 2 rings (SSSR count). The summed E-state index contributed by atoms with van der Waals surface area (Å²) in [5.74, 6) is 0. The van der Waals surface area contributed by atoms with Crippen molar-refractivity contribution in [2.45, 2.75) is 26.4 Å². The van der Waals surface area contributed by atoms with Crippen LogP contribution >= 0.6 is 22.7 Å². The normalized spacial score (nSPS) is 13.1. The number of nitrogens with zero attached hydrogens (tertiary/aromatic N) is 1. The number of rotatable bonds is 7. The molecule has 1 atom stereocenters. The molecule has 0 amide bonds. The van der Waals surface area contributed by atoms with E-state index in [9.17, 15) is 0 Å². The van der Waals surface area contributed by atoms with Gasteiger partial charge in [0.2, 0.25) is 0 Å². The van der Waals surface area contributed by atoms with Gasteiger partial charge in [-0.1, -0.05) is 6.07 Å². The molecule has 0 aliphatic heterocycles. The van der Waals surface area contributed by atoms with Crippen LogP contribution in [0.15, 0.2) is 29.0 Å². The molecular weight excluding hydrogens is 272 g/mol. The highest BCUT2D eigenvalue weighted by Crippen LogP contribution is 2.22. The third-order valence-electron chi connectivity index (χ3n) is 3.51. The molecule has 2 aromatic rings. The highest BCUT2D eigenvalue weighted by molar-refractivity contribution is 7.10. The van der Waals surface area contributed by atoms with E-state index in [1.54, 1.807) is 0 Å². The van der Waals surface area contributed by atoms with E-state index in [1.807, 2.05) is 22.7 Å². The molecule has 2 aromatic heterocycles. The first-order chi connectivity index (χ1) is 9.18. The van der Waals surface area contributed by atoms with Gasteiger partial charge in [-0.15, -0.1) is 22.7 Å². The maximum atomic E-state index is 3.53. The van der Waals surface area contributed by atoms with Gasteiger partial charge < -0.3 is 5.32 Å². The van der Waals surface area contributed by atoms with Gasteiger partial charge in [-0.25, -0.2) is 0 Å². The van der Waals surface area contributed by atoms with Gasteiger partial charge in [0.15, 0.2) is 0 Å². The first-order valence-electron chi connectivity index (χ1n) is 6.66. The Balaban J connectivity index is 1.69. The average Bonchev–Trinajstić information content (AvgIpc) is 3.05. The Morgan fingerprint density at radius 3 is 2.74 bits per heavy atom. The van der Waals surface area contributed by atoms with E-state index < -0.39 is 0 Å². The molecule has 0 aliphatic carbocycles. The highest BCUT2D eigenvalue weighted by atomic mass is 32.1. The SMILES string of the molecule is Cc1ccsc1CNCCN(C)C(C)c1cccs1. The zero-order valence-electron chi connectivity index (χ0n) is 11.8. The molecule has 0 saturated carbocycles. The summed E-state index contributed by atoms with van der Waals surface area (Å²) in [6.45, 7) is 7.55. The lowest BCUT2D eigenvalue weighted by Crippen LogP contribution is -2.30. The van der Waals surface area contributed by atoms with Gasteiger partial charge in [0.1, 0.15) is 0 Å². The predicted octanol–water partition coefficient (Wildman–Crippen LogP) is 3.90. The fourth-order valence-corrected chi connectivity index (χ4v) is 3.71. The molecule has 0 fully saturated rings. The maximum absolute atomic E-state index is 3.53. The van der Waals surface area contributed by atoms with Crippen molar-refractivity contribution in [3.63, 3.8) is 0 Å². The zero-order chi connectivity index (χ0) is 13.7. The quantitative estimate of drug-likeness (QED) is 0.779. The monoisotopic (exact) mass is 294 g/mol. The van der Waals surface area contributed by atoms with Gasteiger partial charge in [0.05, 0.1) is 0 Å².